The Bertz CT molecular complexity index is 922. The van der Waals surface area contributed by atoms with E-state index in [2.05, 4.69) is 26.1 Å². The molecule has 0 unspecified atom stereocenters. The van der Waals surface area contributed by atoms with E-state index in [0.717, 1.165) is 32.2 Å². The van der Waals surface area contributed by atoms with Crippen LogP contribution < -0.4 is 0 Å². The fourth-order valence-corrected chi connectivity index (χ4v) is 3.93. The molecule has 0 amide bonds. The Labute approximate surface area is 150 Å². The average molecular weight is 406 g/mol. The highest BCUT2D eigenvalue weighted by Gasteiger charge is 2.22. The number of fused-ring (bicyclic) bond motifs is 1. The van der Waals surface area contributed by atoms with Gasteiger partial charge in [-0.05, 0) is 18.2 Å². The van der Waals surface area contributed by atoms with Gasteiger partial charge in [0.1, 0.15) is 0 Å². The molecule has 0 bridgehead atoms. The SMILES string of the molecule is Clc1ccccc1-c1nnc2n1N=C(c1ccccc1Br)CS2. The molecule has 0 aliphatic carbocycles. The highest BCUT2D eigenvalue weighted by atomic mass is 79.9. The second-order valence-electron chi connectivity index (χ2n) is 4.91. The number of halogens is 2. The zero-order valence-electron chi connectivity index (χ0n) is 11.8. The summed E-state index contributed by atoms with van der Waals surface area (Å²) in [4.78, 5) is 0. The second kappa shape index (κ2) is 6.11. The van der Waals surface area contributed by atoms with Crippen LogP contribution in [0.4, 0.5) is 0 Å². The van der Waals surface area contributed by atoms with Gasteiger partial charge in [-0.2, -0.15) is 9.78 Å². The van der Waals surface area contributed by atoms with Crippen LogP contribution in [0, 0.1) is 0 Å². The molecule has 4 rings (SSSR count). The summed E-state index contributed by atoms with van der Waals surface area (Å²) in [5, 5.41) is 14.7. The third-order valence-electron chi connectivity index (χ3n) is 3.47. The summed E-state index contributed by atoms with van der Waals surface area (Å²) in [6, 6.07) is 15.6. The molecule has 0 N–H and O–H groups in total. The van der Waals surface area contributed by atoms with Crippen molar-refractivity contribution in [2.75, 3.05) is 5.75 Å². The van der Waals surface area contributed by atoms with E-state index in [9.17, 15) is 0 Å². The summed E-state index contributed by atoms with van der Waals surface area (Å²) < 4.78 is 2.79. The minimum atomic E-state index is 0.635. The molecule has 1 aliphatic heterocycles. The van der Waals surface area contributed by atoms with Crippen LogP contribution in [0.5, 0.6) is 0 Å². The van der Waals surface area contributed by atoms with Gasteiger partial charge in [0.15, 0.2) is 5.82 Å². The summed E-state index contributed by atoms with van der Waals surface area (Å²) in [7, 11) is 0. The molecule has 7 heteroatoms. The van der Waals surface area contributed by atoms with Crippen LogP contribution in [-0.2, 0) is 0 Å². The van der Waals surface area contributed by atoms with Gasteiger partial charge in [0.25, 0.3) is 0 Å². The van der Waals surface area contributed by atoms with Crippen LogP contribution in [-0.4, -0.2) is 26.3 Å². The molecule has 3 aromatic rings. The number of hydrogen-bond donors (Lipinski definition) is 0. The van der Waals surface area contributed by atoms with Crippen LogP contribution in [0.25, 0.3) is 11.4 Å². The quantitative estimate of drug-likeness (QED) is 0.619. The first-order chi connectivity index (χ1) is 11.2. The molecule has 114 valence electrons. The normalized spacial score (nSPS) is 13.6. The first kappa shape index (κ1) is 14.9. The average Bonchev–Trinajstić information content (AvgIpc) is 2.99. The summed E-state index contributed by atoms with van der Waals surface area (Å²) in [5.41, 5.74) is 2.87. The Balaban J connectivity index is 1.85. The zero-order valence-corrected chi connectivity index (χ0v) is 14.9. The Morgan fingerprint density at radius 3 is 2.52 bits per heavy atom. The fraction of sp³-hybridized carbons (Fsp3) is 0.0625. The fourth-order valence-electron chi connectivity index (χ4n) is 2.37. The predicted molar refractivity (Wildman–Crippen MR) is 97.3 cm³/mol. The van der Waals surface area contributed by atoms with Gasteiger partial charge < -0.3 is 0 Å². The minimum Gasteiger partial charge on any atom is -0.186 e. The molecular weight excluding hydrogens is 396 g/mol. The van der Waals surface area contributed by atoms with E-state index in [4.69, 9.17) is 16.7 Å². The molecule has 0 saturated heterocycles. The molecule has 1 aromatic heterocycles. The largest absolute Gasteiger partial charge is 0.212 e. The lowest BCUT2D eigenvalue weighted by molar-refractivity contribution is 0.762. The first-order valence-corrected chi connectivity index (χ1v) is 9.05. The lowest BCUT2D eigenvalue weighted by atomic mass is 10.1. The smallest absolute Gasteiger partial charge is 0.186 e. The number of nitrogens with zero attached hydrogens (tertiary/aromatic N) is 4. The zero-order chi connectivity index (χ0) is 15.8. The molecule has 2 aromatic carbocycles. The Morgan fingerprint density at radius 1 is 1.00 bits per heavy atom. The van der Waals surface area contributed by atoms with E-state index < -0.39 is 0 Å². The van der Waals surface area contributed by atoms with Crippen molar-refractivity contribution in [2.24, 2.45) is 5.10 Å². The molecule has 0 saturated carbocycles. The Kier molecular flexibility index (Phi) is 3.97. The van der Waals surface area contributed by atoms with E-state index in [1.54, 1.807) is 16.4 Å². The summed E-state index contributed by atoms with van der Waals surface area (Å²) in [6.45, 7) is 0. The van der Waals surface area contributed by atoms with Gasteiger partial charge in [-0.1, -0.05) is 69.6 Å². The van der Waals surface area contributed by atoms with Crippen molar-refractivity contribution in [2.45, 2.75) is 5.16 Å². The maximum atomic E-state index is 6.29. The monoisotopic (exact) mass is 404 g/mol. The molecular formula is C16H10BrClN4S. The van der Waals surface area contributed by atoms with Gasteiger partial charge in [-0.15, -0.1) is 10.2 Å². The minimum absolute atomic E-state index is 0.635. The summed E-state index contributed by atoms with van der Waals surface area (Å²) in [5.74, 6) is 1.41. The maximum Gasteiger partial charge on any atom is 0.212 e. The van der Waals surface area contributed by atoms with E-state index in [1.165, 1.54) is 0 Å². The topological polar surface area (TPSA) is 43.1 Å². The first-order valence-electron chi connectivity index (χ1n) is 6.90. The summed E-state index contributed by atoms with van der Waals surface area (Å²) in [6.07, 6.45) is 0. The molecule has 0 fully saturated rings. The van der Waals surface area contributed by atoms with E-state index in [1.807, 2.05) is 48.5 Å². The molecule has 2 heterocycles. The number of aromatic nitrogens is 3. The van der Waals surface area contributed by atoms with Crippen molar-refractivity contribution in [1.82, 2.24) is 14.9 Å². The highest BCUT2D eigenvalue weighted by Crippen LogP contribution is 2.32. The molecule has 1 aliphatic rings. The van der Waals surface area contributed by atoms with Gasteiger partial charge in [0.2, 0.25) is 5.16 Å². The van der Waals surface area contributed by atoms with Gasteiger partial charge in [-0.25, -0.2) is 0 Å². The molecule has 0 atom stereocenters. The number of hydrogen-bond acceptors (Lipinski definition) is 4. The van der Waals surface area contributed by atoms with Crippen LogP contribution in [0.15, 0.2) is 63.3 Å². The lowest BCUT2D eigenvalue weighted by Gasteiger charge is -2.15. The van der Waals surface area contributed by atoms with Crippen molar-refractivity contribution in [3.8, 4) is 11.4 Å². The van der Waals surface area contributed by atoms with Gasteiger partial charge in [0.05, 0.1) is 10.7 Å². The van der Waals surface area contributed by atoms with Crippen LogP contribution in [0.3, 0.4) is 0 Å². The Hall–Kier alpha value is -1.63. The van der Waals surface area contributed by atoms with Crippen molar-refractivity contribution in [3.63, 3.8) is 0 Å². The van der Waals surface area contributed by atoms with E-state index in [-0.39, 0.29) is 0 Å². The van der Waals surface area contributed by atoms with Gasteiger partial charge in [0, 0.05) is 21.4 Å². The Morgan fingerprint density at radius 2 is 1.74 bits per heavy atom. The van der Waals surface area contributed by atoms with Crippen molar-refractivity contribution < 1.29 is 0 Å². The molecule has 23 heavy (non-hydrogen) atoms. The third-order valence-corrected chi connectivity index (χ3v) is 5.42. The lowest BCUT2D eigenvalue weighted by Crippen LogP contribution is -2.14. The van der Waals surface area contributed by atoms with E-state index >= 15 is 0 Å². The van der Waals surface area contributed by atoms with E-state index in [0.29, 0.717) is 10.8 Å². The van der Waals surface area contributed by atoms with Gasteiger partial charge in [-0.3, -0.25) is 0 Å². The van der Waals surface area contributed by atoms with Crippen molar-refractivity contribution in [3.05, 3.63) is 63.6 Å². The molecule has 0 spiro atoms. The van der Waals surface area contributed by atoms with Crippen LogP contribution in [0.1, 0.15) is 5.56 Å². The third kappa shape index (κ3) is 2.71. The van der Waals surface area contributed by atoms with Gasteiger partial charge >= 0.3 is 0 Å². The van der Waals surface area contributed by atoms with Crippen molar-refractivity contribution in [1.29, 1.82) is 0 Å². The van der Waals surface area contributed by atoms with Crippen LogP contribution >= 0.6 is 39.3 Å². The number of benzene rings is 2. The molecule has 0 radical (unpaired) electrons. The molecule has 4 nitrogen and oxygen atoms in total. The van der Waals surface area contributed by atoms with Crippen LogP contribution in [0.2, 0.25) is 5.02 Å². The standard InChI is InChI=1S/C16H10BrClN4S/c17-12-7-3-1-5-10(12)14-9-23-16-20-19-15(22(16)21-14)11-6-2-4-8-13(11)18/h1-8H,9H2. The number of thioether (sulfide) groups is 1. The summed E-state index contributed by atoms with van der Waals surface area (Å²) >= 11 is 11.5. The predicted octanol–water partition coefficient (Wildman–Crippen LogP) is 4.72. The second-order valence-corrected chi connectivity index (χ2v) is 7.12. The highest BCUT2D eigenvalue weighted by molar-refractivity contribution is 9.10. The number of rotatable bonds is 2. The maximum absolute atomic E-state index is 6.29. The van der Waals surface area contributed by atoms with Crippen molar-refractivity contribution >= 4 is 45.0 Å².